The van der Waals surface area contributed by atoms with Crippen LogP contribution in [-0.4, -0.2) is 60.4 Å². The van der Waals surface area contributed by atoms with Gasteiger partial charge in [0.1, 0.15) is 0 Å². The Labute approximate surface area is 152 Å². The van der Waals surface area contributed by atoms with E-state index in [1.165, 1.54) is 0 Å². The first-order valence-corrected chi connectivity index (χ1v) is 9.21. The van der Waals surface area contributed by atoms with Gasteiger partial charge in [0.15, 0.2) is 0 Å². The Morgan fingerprint density at radius 3 is 2.69 bits per heavy atom. The zero-order valence-corrected chi connectivity index (χ0v) is 14.8. The first kappa shape index (κ1) is 16.8. The van der Waals surface area contributed by atoms with Crippen molar-refractivity contribution in [2.24, 2.45) is 0 Å². The Morgan fingerprint density at radius 1 is 1.15 bits per heavy atom. The van der Waals surface area contributed by atoms with Gasteiger partial charge in [-0.3, -0.25) is 9.59 Å². The molecule has 0 saturated carbocycles. The summed E-state index contributed by atoms with van der Waals surface area (Å²) < 4.78 is 0. The maximum Gasteiger partial charge on any atom is 0.256 e. The molecule has 1 atom stereocenters. The average molecular weight is 352 g/mol. The third-order valence-electron chi connectivity index (χ3n) is 5.40. The lowest BCUT2D eigenvalue weighted by atomic mass is 10.00. The summed E-state index contributed by atoms with van der Waals surface area (Å²) in [7, 11) is 0. The molecular formula is C20H24N4O2. The Hall–Kier alpha value is -2.60. The van der Waals surface area contributed by atoms with Crippen LogP contribution in [0.5, 0.6) is 0 Å². The van der Waals surface area contributed by atoms with Crippen LogP contribution in [0.1, 0.15) is 23.2 Å². The normalized spacial score (nSPS) is 21.2. The van der Waals surface area contributed by atoms with Gasteiger partial charge in [0, 0.05) is 37.9 Å². The molecule has 2 aliphatic heterocycles. The minimum atomic E-state index is -0.0412. The molecule has 0 aromatic heterocycles. The summed E-state index contributed by atoms with van der Waals surface area (Å²) in [6.45, 7) is 3.21. The van der Waals surface area contributed by atoms with Crippen molar-refractivity contribution in [3.8, 4) is 0 Å². The van der Waals surface area contributed by atoms with Crippen molar-refractivity contribution in [3.05, 3.63) is 42.0 Å². The second-order valence-corrected chi connectivity index (χ2v) is 7.10. The largest absolute Gasteiger partial charge is 0.398 e. The molecule has 3 N–H and O–H groups in total. The second-order valence-electron chi connectivity index (χ2n) is 7.10. The molecule has 136 valence electrons. The third kappa shape index (κ3) is 3.12. The molecule has 6 nitrogen and oxygen atoms in total. The number of carbonyl (C=O) groups is 2. The van der Waals surface area contributed by atoms with Gasteiger partial charge in [-0.2, -0.15) is 0 Å². The number of rotatable bonds is 2. The maximum atomic E-state index is 13.1. The fraction of sp³-hybridized carbons (Fsp3) is 0.400. The lowest BCUT2D eigenvalue weighted by Crippen LogP contribution is -2.57. The minimum Gasteiger partial charge on any atom is -0.398 e. The first-order valence-electron chi connectivity index (χ1n) is 9.21. The van der Waals surface area contributed by atoms with Crippen LogP contribution >= 0.6 is 0 Å². The lowest BCUT2D eigenvalue weighted by Gasteiger charge is -2.41. The van der Waals surface area contributed by atoms with Crippen molar-refractivity contribution in [3.63, 3.8) is 0 Å². The van der Waals surface area contributed by atoms with Gasteiger partial charge in [0.25, 0.3) is 5.91 Å². The number of carbonyl (C=O) groups excluding carboxylic acids is 2. The predicted molar refractivity (Wildman–Crippen MR) is 102 cm³/mol. The third-order valence-corrected chi connectivity index (χ3v) is 5.40. The number of hydrogen-bond acceptors (Lipinski definition) is 4. The van der Waals surface area contributed by atoms with E-state index in [9.17, 15) is 9.59 Å². The fourth-order valence-electron chi connectivity index (χ4n) is 4.01. The zero-order chi connectivity index (χ0) is 18.1. The highest BCUT2D eigenvalue weighted by molar-refractivity contribution is 6.04. The van der Waals surface area contributed by atoms with E-state index in [0.717, 1.165) is 30.2 Å². The van der Waals surface area contributed by atoms with E-state index >= 15 is 0 Å². The van der Waals surface area contributed by atoms with E-state index < -0.39 is 0 Å². The molecule has 2 fully saturated rings. The number of likely N-dealkylation sites (tertiary alicyclic amines) is 1. The topological polar surface area (TPSA) is 78.7 Å². The van der Waals surface area contributed by atoms with Crippen LogP contribution in [0, 0.1) is 0 Å². The second kappa shape index (κ2) is 6.96. The number of piperidine rings is 1. The Balaban J connectivity index is 1.56. The van der Waals surface area contributed by atoms with Crippen molar-refractivity contribution in [1.82, 2.24) is 15.1 Å². The number of nitrogens with two attached hydrogens (primary N) is 1. The van der Waals surface area contributed by atoms with E-state index in [2.05, 4.69) is 5.32 Å². The van der Waals surface area contributed by atoms with Gasteiger partial charge in [0.2, 0.25) is 5.91 Å². The number of hydrogen-bond donors (Lipinski definition) is 2. The number of piperazine rings is 1. The number of nitrogens with zero attached hydrogens (tertiary/aromatic N) is 2. The first-order chi connectivity index (χ1) is 12.6. The monoisotopic (exact) mass is 352 g/mol. The summed E-state index contributed by atoms with van der Waals surface area (Å²) in [6, 6.07) is 11.7. The van der Waals surface area contributed by atoms with Crippen LogP contribution in [0.2, 0.25) is 0 Å². The van der Waals surface area contributed by atoms with Crippen LogP contribution in [-0.2, 0) is 4.79 Å². The van der Waals surface area contributed by atoms with E-state index in [1.807, 2.05) is 46.2 Å². The van der Waals surface area contributed by atoms with Crippen molar-refractivity contribution in [2.45, 2.75) is 18.9 Å². The molecule has 2 aliphatic rings. The van der Waals surface area contributed by atoms with Gasteiger partial charge in [-0.15, -0.1) is 0 Å². The van der Waals surface area contributed by atoms with Crippen molar-refractivity contribution in [1.29, 1.82) is 0 Å². The smallest absolute Gasteiger partial charge is 0.256 e. The van der Waals surface area contributed by atoms with Crippen LogP contribution in [0.3, 0.4) is 0 Å². The van der Waals surface area contributed by atoms with Gasteiger partial charge in [0.05, 0.1) is 12.1 Å². The molecule has 2 amide bonds. The standard InChI is InChI=1S/C20H24N4O2/c21-18-11-15-5-2-1-4-14(15)10-17(18)20(26)23-8-3-6-16(13-23)24-9-7-22-12-19(24)25/h1-2,4-5,10-11,16,22H,3,6-9,12-13,21H2. The van der Waals surface area contributed by atoms with Crippen LogP contribution in [0.4, 0.5) is 5.69 Å². The lowest BCUT2D eigenvalue weighted by molar-refractivity contribution is -0.135. The Bertz CT molecular complexity index is 851. The van der Waals surface area contributed by atoms with E-state index in [0.29, 0.717) is 37.4 Å². The number of nitrogen functional groups attached to an aromatic ring is 1. The molecule has 2 heterocycles. The van der Waals surface area contributed by atoms with Crippen molar-refractivity contribution in [2.75, 3.05) is 38.5 Å². The molecule has 2 aromatic rings. The van der Waals surface area contributed by atoms with Gasteiger partial charge >= 0.3 is 0 Å². The quantitative estimate of drug-likeness (QED) is 0.802. The number of anilines is 1. The highest BCUT2D eigenvalue weighted by Crippen LogP contribution is 2.25. The molecule has 2 saturated heterocycles. The van der Waals surface area contributed by atoms with Gasteiger partial charge in [-0.05, 0) is 35.7 Å². The molecule has 1 unspecified atom stereocenters. The highest BCUT2D eigenvalue weighted by atomic mass is 16.2. The summed E-state index contributed by atoms with van der Waals surface area (Å²) in [5.41, 5.74) is 7.23. The summed E-state index contributed by atoms with van der Waals surface area (Å²) >= 11 is 0. The predicted octanol–water partition coefficient (Wildman–Crippen LogP) is 1.46. The van der Waals surface area contributed by atoms with Crippen molar-refractivity contribution < 1.29 is 9.59 Å². The molecular weight excluding hydrogens is 328 g/mol. The molecule has 4 rings (SSSR count). The molecule has 0 radical (unpaired) electrons. The fourth-order valence-corrected chi connectivity index (χ4v) is 4.01. The molecule has 26 heavy (non-hydrogen) atoms. The summed E-state index contributed by atoms with van der Waals surface area (Å²) in [5.74, 6) is 0.0845. The SMILES string of the molecule is Nc1cc2ccccc2cc1C(=O)N1CCCC(N2CCNCC2=O)C1. The highest BCUT2D eigenvalue weighted by Gasteiger charge is 2.32. The maximum absolute atomic E-state index is 13.1. The number of amides is 2. The van der Waals surface area contributed by atoms with Gasteiger partial charge < -0.3 is 20.9 Å². The van der Waals surface area contributed by atoms with Crippen LogP contribution < -0.4 is 11.1 Å². The summed E-state index contributed by atoms with van der Waals surface area (Å²) in [5, 5.41) is 5.14. The van der Waals surface area contributed by atoms with Crippen LogP contribution in [0.25, 0.3) is 10.8 Å². The van der Waals surface area contributed by atoms with Gasteiger partial charge in [-0.1, -0.05) is 24.3 Å². The van der Waals surface area contributed by atoms with Gasteiger partial charge in [-0.25, -0.2) is 0 Å². The molecule has 2 aromatic carbocycles. The number of nitrogens with one attached hydrogen (secondary N) is 1. The Kier molecular flexibility index (Phi) is 4.51. The van der Waals surface area contributed by atoms with Crippen LogP contribution in [0.15, 0.2) is 36.4 Å². The molecule has 0 bridgehead atoms. The van der Waals surface area contributed by atoms with Crippen molar-refractivity contribution >= 4 is 28.3 Å². The number of fused-ring (bicyclic) bond motifs is 1. The average Bonchev–Trinajstić information content (AvgIpc) is 2.67. The minimum absolute atomic E-state index is 0.0412. The molecule has 0 spiro atoms. The summed E-state index contributed by atoms with van der Waals surface area (Å²) in [6.07, 6.45) is 1.85. The molecule has 6 heteroatoms. The summed E-state index contributed by atoms with van der Waals surface area (Å²) in [4.78, 5) is 29.1. The number of benzene rings is 2. The zero-order valence-electron chi connectivity index (χ0n) is 14.8. The Morgan fingerprint density at radius 2 is 1.92 bits per heavy atom. The van der Waals surface area contributed by atoms with E-state index in [-0.39, 0.29) is 17.9 Å². The van der Waals surface area contributed by atoms with E-state index in [1.54, 1.807) is 0 Å². The van der Waals surface area contributed by atoms with E-state index in [4.69, 9.17) is 5.73 Å². The molecule has 0 aliphatic carbocycles.